The van der Waals surface area contributed by atoms with Gasteiger partial charge in [0.15, 0.2) is 0 Å². The number of halogens is 3. The zero-order valence-electron chi connectivity index (χ0n) is 19.9. The molecule has 192 valence electrons. The monoisotopic (exact) mass is 493 g/mol. The molecular weight excluding hydrogens is 459 g/mol. The van der Waals surface area contributed by atoms with Crippen molar-refractivity contribution in [3.8, 4) is 0 Å². The summed E-state index contributed by atoms with van der Waals surface area (Å²) in [5.41, 5.74) is -1.20. The number of benzene rings is 1. The molecule has 0 aromatic heterocycles. The van der Waals surface area contributed by atoms with Crippen LogP contribution in [0.15, 0.2) is 18.2 Å². The van der Waals surface area contributed by atoms with Crippen LogP contribution in [-0.4, -0.2) is 53.6 Å². The van der Waals surface area contributed by atoms with E-state index in [1.54, 1.807) is 11.0 Å². The number of hydrogen-bond acceptors (Lipinski definition) is 4. The average molecular weight is 494 g/mol. The van der Waals surface area contributed by atoms with Gasteiger partial charge in [0.2, 0.25) is 11.8 Å². The number of rotatable bonds is 4. The summed E-state index contributed by atoms with van der Waals surface area (Å²) in [4.78, 5) is 29.5. The van der Waals surface area contributed by atoms with E-state index in [1.165, 1.54) is 6.07 Å². The molecule has 2 amide bonds. The van der Waals surface area contributed by atoms with Gasteiger partial charge in [0.1, 0.15) is 0 Å². The van der Waals surface area contributed by atoms with Crippen molar-refractivity contribution in [2.45, 2.75) is 82.5 Å². The maximum absolute atomic E-state index is 14.1. The molecule has 1 unspecified atom stereocenters. The predicted octanol–water partition coefficient (Wildman–Crippen LogP) is 4.57. The molecule has 2 heterocycles. The Balaban J connectivity index is 1.35. The van der Waals surface area contributed by atoms with Crippen molar-refractivity contribution in [1.82, 2.24) is 4.90 Å². The topological polar surface area (TPSA) is 72.9 Å². The first kappa shape index (κ1) is 24.4. The SMILES string of the molecule is O=C(Nc1ccc(N2CCCC3(CCN(C4CCC(O)CC4)C3=O)C2)c(C(F)(F)F)c1)C1CCC1. The van der Waals surface area contributed by atoms with E-state index in [1.807, 2.05) is 4.90 Å². The molecule has 9 heteroatoms. The minimum Gasteiger partial charge on any atom is -0.393 e. The van der Waals surface area contributed by atoms with Crippen LogP contribution >= 0.6 is 0 Å². The molecule has 0 bridgehead atoms. The van der Waals surface area contributed by atoms with Crippen molar-refractivity contribution >= 4 is 23.2 Å². The van der Waals surface area contributed by atoms with Crippen LogP contribution in [0.25, 0.3) is 0 Å². The molecule has 5 rings (SSSR count). The number of aliphatic hydroxyl groups excluding tert-OH is 1. The second kappa shape index (κ2) is 9.30. The third-order valence-corrected chi connectivity index (χ3v) is 8.62. The number of piperidine rings is 1. The highest BCUT2D eigenvalue weighted by Gasteiger charge is 2.51. The molecule has 4 fully saturated rings. The van der Waals surface area contributed by atoms with Crippen LogP contribution in [0, 0.1) is 11.3 Å². The molecule has 1 atom stereocenters. The minimum atomic E-state index is -4.58. The molecule has 1 spiro atoms. The number of carbonyl (C=O) groups is 2. The highest BCUT2D eigenvalue weighted by molar-refractivity contribution is 5.93. The lowest BCUT2D eigenvalue weighted by molar-refractivity contribution is -0.139. The summed E-state index contributed by atoms with van der Waals surface area (Å²) < 4.78 is 42.3. The van der Waals surface area contributed by atoms with Crippen LogP contribution in [0.5, 0.6) is 0 Å². The van der Waals surface area contributed by atoms with Crippen molar-refractivity contribution in [3.05, 3.63) is 23.8 Å². The summed E-state index contributed by atoms with van der Waals surface area (Å²) >= 11 is 0. The Bertz CT molecular complexity index is 972. The molecule has 0 radical (unpaired) electrons. The van der Waals surface area contributed by atoms with Crippen molar-refractivity contribution in [2.75, 3.05) is 29.9 Å². The highest BCUT2D eigenvalue weighted by Crippen LogP contribution is 2.46. The van der Waals surface area contributed by atoms with Crippen molar-refractivity contribution in [2.24, 2.45) is 11.3 Å². The molecule has 2 aliphatic carbocycles. The van der Waals surface area contributed by atoms with E-state index in [-0.39, 0.29) is 47.8 Å². The first-order chi connectivity index (χ1) is 16.7. The van der Waals surface area contributed by atoms with Gasteiger partial charge >= 0.3 is 6.18 Å². The number of nitrogens with one attached hydrogen (secondary N) is 1. The Morgan fingerprint density at radius 1 is 1.03 bits per heavy atom. The van der Waals surface area contributed by atoms with E-state index in [0.29, 0.717) is 45.2 Å². The molecule has 6 nitrogen and oxygen atoms in total. The lowest BCUT2D eigenvalue weighted by Gasteiger charge is -2.42. The fourth-order valence-electron chi connectivity index (χ4n) is 6.31. The predicted molar refractivity (Wildman–Crippen MR) is 126 cm³/mol. The van der Waals surface area contributed by atoms with E-state index in [4.69, 9.17) is 0 Å². The summed E-state index contributed by atoms with van der Waals surface area (Å²) in [6.07, 6.45) is 2.56. The normalized spacial score (nSPS) is 30.0. The molecule has 2 aliphatic heterocycles. The van der Waals surface area contributed by atoms with E-state index in [9.17, 15) is 27.9 Å². The Morgan fingerprint density at radius 3 is 2.43 bits per heavy atom. The second-order valence-electron chi connectivity index (χ2n) is 10.9. The smallest absolute Gasteiger partial charge is 0.393 e. The van der Waals surface area contributed by atoms with Gasteiger partial charge in [-0.05, 0) is 76.0 Å². The first-order valence-corrected chi connectivity index (χ1v) is 12.9. The maximum atomic E-state index is 14.1. The highest BCUT2D eigenvalue weighted by atomic mass is 19.4. The minimum absolute atomic E-state index is 0.0570. The fourth-order valence-corrected chi connectivity index (χ4v) is 6.31. The summed E-state index contributed by atoms with van der Waals surface area (Å²) in [6, 6.07) is 4.13. The van der Waals surface area contributed by atoms with Gasteiger partial charge in [0.05, 0.1) is 17.1 Å². The van der Waals surface area contributed by atoms with E-state index < -0.39 is 17.2 Å². The number of amides is 2. The Hall–Kier alpha value is -2.29. The Kier molecular flexibility index (Phi) is 6.48. The zero-order valence-corrected chi connectivity index (χ0v) is 19.9. The molecule has 2 saturated carbocycles. The largest absolute Gasteiger partial charge is 0.418 e. The van der Waals surface area contributed by atoms with Gasteiger partial charge in [0, 0.05) is 43.0 Å². The lowest BCUT2D eigenvalue weighted by atomic mass is 9.78. The molecule has 2 N–H and O–H groups in total. The number of nitrogens with zero attached hydrogens (tertiary/aromatic N) is 2. The zero-order chi connectivity index (χ0) is 24.8. The quantitative estimate of drug-likeness (QED) is 0.645. The number of likely N-dealkylation sites (tertiary alicyclic amines) is 1. The van der Waals surface area contributed by atoms with Crippen molar-refractivity contribution < 1.29 is 27.9 Å². The Morgan fingerprint density at radius 2 is 1.77 bits per heavy atom. The molecule has 4 aliphatic rings. The molecule has 1 aromatic rings. The van der Waals surface area contributed by atoms with E-state index in [0.717, 1.165) is 38.2 Å². The van der Waals surface area contributed by atoms with Gasteiger partial charge in [-0.1, -0.05) is 6.42 Å². The van der Waals surface area contributed by atoms with Crippen LogP contribution in [0.1, 0.15) is 69.8 Å². The van der Waals surface area contributed by atoms with Crippen LogP contribution in [-0.2, 0) is 15.8 Å². The summed E-state index contributed by atoms with van der Waals surface area (Å²) in [5.74, 6) is -0.280. The van der Waals surface area contributed by atoms with Gasteiger partial charge in [-0.2, -0.15) is 13.2 Å². The average Bonchev–Trinajstić information content (AvgIpc) is 3.08. The van der Waals surface area contributed by atoms with Gasteiger partial charge < -0.3 is 20.2 Å². The number of aliphatic hydroxyl groups is 1. The molecule has 1 aromatic carbocycles. The van der Waals surface area contributed by atoms with Gasteiger partial charge in [-0.3, -0.25) is 9.59 Å². The number of carbonyl (C=O) groups excluding carboxylic acids is 2. The molecule has 2 saturated heterocycles. The lowest BCUT2D eigenvalue weighted by Crippen LogP contribution is -2.50. The number of alkyl halides is 3. The summed E-state index contributed by atoms with van der Waals surface area (Å²) in [5, 5.41) is 12.5. The second-order valence-corrected chi connectivity index (χ2v) is 10.9. The van der Waals surface area contributed by atoms with Crippen LogP contribution in [0.2, 0.25) is 0 Å². The van der Waals surface area contributed by atoms with Crippen molar-refractivity contribution in [1.29, 1.82) is 0 Å². The molecule has 35 heavy (non-hydrogen) atoms. The summed E-state index contributed by atoms with van der Waals surface area (Å²) in [7, 11) is 0. The van der Waals surface area contributed by atoms with Gasteiger partial charge in [-0.25, -0.2) is 0 Å². The Labute approximate surface area is 203 Å². The number of hydrogen-bond donors (Lipinski definition) is 2. The van der Waals surface area contributed by atoms with Crippen LogP contribution < -0.4 is 10.2 Å². The standard InChI is InChI=1S/C26H34F3N3O3/c27-26(28,29)21-15-18(30-23(34)17-3-1-4-17)5-10-22(21)31-13-2-11-25(16-31)12-14-32(24(25)35)19-6-8-20(33)9-7-19/h5,10,15,17,19-20,33H,1-4,6-9,11-14,16H2,(H,30,34). The third-order valence-electron chi connectivity index (χ3n) is 8.62. The van der Waals surface area contributed by atoms with Crippen molar-refractivity contribution in [3.63, 3.8) is 0 Å². The third kappa shape index (κ3) is 4.76. The fraction of sp³-hybridized carbons (Fsp3) is 0.692. The van der Waals surface area contributed by atoms with E-state index >= 15 is 0 Å². The van der Waals surface area contributed by atoms with Crippen LogP contribution in [0.4, 0.5) is 24.5 Å². The first-order valence-electron chi connectivity index (χ1n) is 12.9. The van der Waals surface area contributed by atoms with Gasteiger partial charge in [-0.15, -0.1) is 0 Å². The van der Waals surface area contributed by atoms with E-state index in [2.05, 4.69) is 5.32 Å². The molecular formula is C26H34F3N3O3. The number of anilines is 2. The van der Waals surface area contributed by atoms with Gasteiger partial charge in [0.25, 0.3) is 0 Å². The maximum Gasteiger partial charge on any atom is 0.418 e. The van der Waals surface area contributed by atoms with Crippen LogP contribution in [0.3, 0.4) is 0 Å². The summed E-state index contributed by atoms with van der Waals surface area (Å²) in [6.45, 7) is 1.36.